The summed E-state index contributed by atoms with van der Waals surface area (Å²) in [6.07, 6.45) is 1.63. The smallest absolute Gasteiger partial charge is 0.148 e. The van der Waals surface area contributed by atoms with Gasteiger partial charge in [-0.25, -0.2) is 9.97 Å². The monoisotopic (exact) mass is 330 g/mol. The van der Waals surface area contributed by atoms with E-state index < -0.39 is 0 Å². The van der Waals surface area contributed by atoms with Crippen molar-refractivity contribution in [2.45, 2.75) is 25.5 Å². The zero-order valence-corrected chi connectivity index (χ0v) is 13.4. The van der Waals surface area contributed by atoms with E-state index in [1.54, 1.807) is 6.33 Å². The molecule has 6 heteroatoms. The van der Waals surface area contributed by atoms with E-state index in [1.807, 2.05) is 11.8 Å². The van der Waals surface area contributed by atoms with Gasteiger partial charge in [0, 0.05) is 30.1 Å². The lowest BCUT2D eigenvalue weighted by Crippen LogP contribution is -2.43. The van der Waals surface area contributed by atoms with Crippen LogP contribution in [0.2, 0.25) is 0 Å². The summed E-state index contributed by atoms with van der Waals surface area (Å²) >= 11 is 5.64. The molecule has 1 aromatic rings. The van der Waals surface area contributed by atoms with Crippen LogP contribution in [-0.2, 0) is 0 Å². The Morgan fingerprint density at radius 2 is 2.28 bits per heavy atom. The molecule has 100 valence electrons. The van der Waals surface area contributed by atoms with Gasteiger partial charge in [0.1, 0.15) is 22.4 Å². The Bertz CT molecular complexity index is 425. The average molecular weight is 331 g/mol. The van der Waals surface area contributed by atoms with E-state index in [9.17, 15) is 0 Å². The van der Waals surface area contributed by atoms with Crippen molar-refractivity contribution in [3.05, 3.63) is 10.8 Å². The molecule has 2 rings (SSSR count). The molecular formula is C12H19BrN4S. The minimum Gasteiger partial charge on any atom is -0.369 e. The van der Waals surface area contributed by atoms with Gasteiger partial charge in [0.15, 0.2) is 0 Å². The normalized spacial score (nSPS) is 18.8. The van der Waals surface area contributed by atoms with Crippen molar-refractivity contribution in [3.8, 4) is 0 Å². The first-order valence-corrected chi connectivity index (χ1v) is 7.94. The molecule has 0 bridgehead atoms. The van der Waals surface area contributed by atoms with Crippen molar-refractivity contribution in [1.29, 1.82) is 0 Å². The van der Waals surface area contributed by atoms with E-state index in [4.69, 9.17) is 0 Å². The number of nitrogens with zero attached hydrogens (tertiary/aromatic N) is 3. The average Bonchev–Trinajstić information content (AvgIpc) is 2.31. The molecule has 1 aliphatic rings. The lowest BCUT2D eigenvalue weighted by atomic mass is 10.2. The predicted octanol–water partition coefficient (Wildman–Crippen LogP) is 3.00. The Kier molecular flexibility index (Phi) is 4.37. The van der Waals surface area contributed by atoms with Gasteiger partial charge < -0.3 is 10.2 Å². The Morgan fingerprint density at radius 3 is 2.94 bits per heavy atom. The highest BCUT2D eigenvalue weighted by atomic mass is 79.9. The van der Waals surface area contributed by atoms with Crippen molar-refractivity contribution >= 4 is 39.3 Å². The second-order valence-corrected chi connectivity index (χ2v) is 7.51. The molecule has 2 heterocycles. The maximum atomic E-state index is 4.43. The number of aromatic nitrogens is 2. The fourth-order valence-electron chi connectivity index (χ4n) is 2.07. The molecule has 1 saturated heterocycles. The maximum Gasteiger partial charge on any atom is 0.148 e. The minimum atomic E-state index is 0.279. The third-order valence-electron chi connectivity index (χ3n) is 2.84. The van der Waals surface area contributed by atoms with Gasteiger partial charge in [-0.15, -0.1) is 0 Å². The zero-order chi connectivity index (χ0) is 13.2. The van der Waals surface area contributed by atoms with E-state index in [-0.39, 0.29) is 4.75 Å². The number of anilines is 2. The number of nitrogens with one attached hydrogen (secondary N) is 1. The molecule has 0 saturated carbocycles. The molecule has 0 atom stereocenters. The van der Waals surface area contributed by atoms with Crippen LogP contribution in [-0.4, -0.2) is 40.1 Å². The van der Waals surface area contributed by atoms with Gasteiger partial charge in [0.25, 0.3) is 0 Å². The van der Waals surface area contributed by atoms with Crippen LogP contribution in [0.1, 0.15) is 20.8 Å². The summed E-state index contributed by atoms with van der Waals surface area (Å²) in [6.45, 7) is 9.54. The molecule has 1 fully saturated rings. The second-order valence-electron chi connectivity index (χ2n) is 4.92. The summed E-state index contributed by atoms with van der Waals surface area (Å²) in [6, 6.07) is 0. The highest BCUT2D eigenvalue weighted by Gasteiger charge is 2.29. The minimum absolute atomic E-state index is 0.279. The Morgan fingerprint density at radius 1 is 1.50 bits per heavy atom. The van der Waals surface area contributed by atoms with Crippen LogP contribution in [0.15, 0.2) is 10.8 Å². The summed E-state index contributed by atoms with van der Waals surface area (Å²) in [5.74, 6) is 3.01. The topological polar surface area (TPSA) is 41.1 Å². The largest absolute Gasteiger partial charge is 0.369 e. The fraction of sp³-hybridized carbons (Fsp3) is 0.667. The van der Waals surface area contributed by atoms with Crippen molar-refractivity contribution in [3.63, 3.8) is 0 Å². The van der Waals surface area contributed by atoms with Crippen molar-refractivity contribution in [1.82, 2.24) is 9.97 Å². The van der Waals surface area contributed by atoms with Crippen molar-refractivity contribution in [2.75, 3.05) is 35.6 Å². The fourth-order valence-corrected chi connectivity index (χ4v) is 3.78. The summed E-state index contributed by atoms with van der Waals surface area (Å²) in [4.78, 5) is 11.0. The Hall–Kier alpha value is -0.490. The molecule has 0 amide bonds. The predicted molar refractivity (Wildman–Crippen MR) is 82.6 cm³/mol. The third kappa shape index (κ3) is 3.09. The Labute approximate surface area is 121 Å². The molecule has 0 aliphatic carbocycles. The van der Waals surface area contributed by atoms with Gasteiger partial charge in [-0.05, 0) is 36.7 Å². The lowest BCUT2D eigenvalue weighted by Gasteiger charge is -2.38. The van der Waals surface area contributed by atoms with Crippen LogP contribution < -0.4 is 10.2 Å². The number of hydrogen-bond acceptors (Lipinski definition) is 5. The van der Waals surface area contributed by atoms with Crippen molar-refractivity contribution in [2.24, 2.45) is 0 Å². The summed E-state index contributed by atoms with van der Waals surface area (Å²) in [5, 5.41) is 3.25. The van der Waals surface area contributed by atoms with Crippen LogP contribution in [0.3, 0.4) is 0 Å². The quantitative estimate of drug-likeness (QED) is 0.922. The molecular weight excluding hydrogens is 312 g/mol. The molecule has 0 unspecified atom stereocenters. The summed E-state index contributed by atoms with van der Waals surface area (Å²) in [5.41, 5.74) is 0. The van der Waals surface area contributed by atoms with Crippen LogP contribution >= 0.6 is 27.7 Å². The first-order valence-electron chi connectivity index (χ1n) is 6.17. The van der Waals surface area contributed by atoms with Crippen molar-refractivity contribution < 1.29 is 0 Å². The zero-order valence-electron chi connectivity index (χ0n) is 11.0. The maximum absolute atomic E-state index is 4.43. The molecule has 4 nitrogen and oxygen atoms in total. The van der Waals surface area contributed by atoms with Crippen LogP contribution in [0.5, 0.6) is 0 Å². The molecule has 0 spiro atoms. The van der Waals surface area contributed by atoms with Gasteiger partial charge in [0.05, 0.1) is 0 Å². The van der Waals surface area contributed by atoms with Gasteiger partial charge >= 0.3 is 0 Å². The molecule has 0 aromatic carbocycles. The molecule has 1 aromatic heterocycles. The molecule has 1 N–H and O–H groups in total. The third-order valence-corrected chi connectivity index (χ3v) is 4.87. The van der Waals surface area contributed by atoms with Crippen LogP contribution in [0.4, 0.5) is 11.6 Å². The number of hydrogen-bond donors (Lipinski definition) is 1. The first-order chi connectivity index (χ1) is 8.53. The SMILES string of the molecule is CCNc1ncnc(N2CCSC(C)(C)C2)c1Br. The molecule has 18 heavy (non-hydrogen) atoms. The van der Waals surface area contributed by atoms with E-state index in [2.05, 4.69) is 56.9 Å². The first kappa shape index (κ1) is 13.9. The van der Waals surface area contributed by atoms with Gasteiger partial charge in [-0.2, -0.15) is 11.8 Å². The van der Waals surface area contributed by atoms with E-state index in [0.29, 0.717) is 0 Å². The number of thioether (sulfide) groups is 1. The van der Waals surface area contributed by atoms with E-state index in [1.165, 1.54) is 0 Å². The molecule has 0 radical (unpaired) electrons. The highest BCUT2D eigenvalue weighted by Crippen LogP contribution is 2.35. The van der Waals surface area contributed by atoms with Crippen LogP contribution in [0, 0.1) is 0 Å². The number of rotatable bonds is 3. The number of halogens is 1. The Balaban J connectivity index is 2.25. The van der Waals surface area contributed by atoms with E-state index >= 15 is 0 Å². The van der Waals surface area contributed by atoms with E-state index in [0.717, 1.165) is 41.5 Å². The summed E-state index contributed by atoms with van der Waals surface area (Å²) < 4.78 is 1.25. The lowest BCUT2D eigenvalue weighted by molar-refractivity contribution is 0.641. The molecule has 1 aliphatic heterocycles. The van der Waals surface area contributed by atoms with Gasteiger partial charge in [-0.3, -0.25) is 0 Å². The van der Waals surface area contributed by atoms with Crippen LogP contribution in [0.25, 0.3) is 0 Å². The standard InChI is InChI=1S/C12H19BrN4S/c1-4-14-10-9(13)11(16-8-15-10)17-5-6-18-12(2,3)7-17/h8H,4-7H2,1-3H3,(H,14,15,16). The second kappa shape index (κ2) is 5.65. The van der Waals surface area contributed by atoms with Gasteiger partial charge in [-0.1, -0.05) is 0 Å². The summed E-state index contributed by atoms with van der Waals surface area (Å²) in [7, 11) is 0. The van der Waals surface area contributed by atoms with Gasteiger partial charge in [0.2, 0.25) is 0 Å². The highest BCUT2D eigenvalue weighted by molar-refractivity contribution is 9.10.